The SMILES string of the molecule is COc1ccc(N(CC(=O)N(Cc2ccc(F)cc2)[C@@H](Cc2ccccc2)C(=O)NC2CCCC2)S(C)(=O)=O)c(OC)c1. The van der Waals surface area contributed by atoms with Crippen molar-refractivity contribution in [2.24, 2.45) is 0 Å². The third kappa shape index (κ3) is 8.47. The van der Waals surface area contributed by atoms with E-state index in [1.807, 2.05) is 30.3 Å². The van der Waals surface area contributed by atoms with Crippen LogP contribution in [0.1, 0.15) is 36.8 Å². The van der Waals surface area contributed by atoms with Crippen LogP contribution < -0.4 is 19.1 Å². The second kappa shape index (κ2) is 14.4. The zero-order chi connectivity index (χ0) is 31.0. The molecule has 3 aromatic rings. The Balaban J connectivity index is 1.74. The molecule has 0 aliphatic heterocycles. The van der Waals surface area contributed by atoms with Crippen LogP contribution in [-0.2, 0) is 32.6 Å². The lowest BCUT2D eigenvalue weighted by Crippen LogP contribution is -2.54. The summed E-state index contributed by atoms with van der Waals surface area (Å²) in [5, 5.41) is 3.12. The lowest BCUT2D eigenvalue weighted by molar-refractivity contribution is -0.140. The van der Waals surface area contributed by atoms with Crippen molar-refractivity contribution >= 4 is 27.5 Å². The van der Waals surface area contributed by atoms with Crippen LogP contribution in [0.4, 0.5) is 10.1 Å². The van der Waals surface area contributed by atoms with Crippen LogP contribution in [0.2, 0.25) is 0 Å². The number of nitrogens with zero attached hydrogens (tertiary/aromatic N) is 2. The predicted octanol–water partition coefficient (Wildman–Crippen LogP) is 4.31. The molecule has 0 aromatic heterocycles. The first kappa shape index (κ1) is 31.8. The molecule has 230 valence electrons. The van der Waals surface area contributed by atoms with Gasteiger partial charge in [0.25, 0.3) is 0 Å². The zero-order valence-corrected chi connectivity index (χ0v) is 25.5. The van der Waals surface area contributed by atoms with Gasteiger partial charge in [-0.3, -0.25) is 13.9 Å². The monoisotopic (exact) mass is 611 g/mol. The average Bonchev–Trinajstić information content (AvgIpc) is 3.51. The highest BCUT2D eigenvalue weighted by molar-refractivity contribution is 7.92. The molecule has 1 aliphatic carbocycles. The molecule has 0 heterocycles. The molecule has 0 bridgehead atoms. The summed E-state index contributed by atoms with van der Waals surface area (Å²) in [5.41, 5.74) is 1.58. The quantitative estimate of drug-likeness (QED) is 0.309. The number of carbonyl (C=O) groups excluding carboxylic acids is 2. The van der Waals surface area contributed by atoms with E-state index in [0.29, 0.717) is 11.3 Å². The van der Waals surface area contributed by atoms with E-state index in [1.54, 1.807) is 18.2 Å². The van der Waals surface area contributed by atoms with E-state index >= 15 is 0 Å². The zero-order valence-electron chi connectivity index (χ0n) is 24.7. The van der Waals surface area contributed by atoms with Crippen LogP contribution in [0.3, 0.4) is 0 Å². The number of amides is 2. The number of hydrogen-bond donors (Lipinski definition) is 1. The largest absolute Gasteiger partial charge is 0.497 e. The summed E-state index contributed by atoms with van der Waals surface area (Å²) < 4.78 is 51.6. The molecular weight excluding hydrogens is 573 g/mol. The smallest absolute Gasteiger partial charge is 0.244 e. The average molecular weight is 612 g/mol. The number of halogens is 1. The molecule has 43 heavy (non-hydrogen) atoms. The van der Waals surface area contributed by atoms with Crippen molar-refractivity contribution < 1.29 is 31.9 Å². The van der Waals surface area contributed by atoms with E-state index in [1.165, 1.54) is 43.4 Å². The number of carbonyl (C=O) groups is 2. The van der Waals surface area contributed by atoms with E-state index in [0.717, 1.165) is 41.8 Å². The van der Waals surface area contributed by atoms with Crippen LogP contribution in [0.25, 0.3) is 0 Å². The maximum absolute atomic E-state index is 14.2. The number of rotatable bonds is 13. The standard InChI is InChI=1S/C32H38FN3O6S/c1-41-27-17-18-28(30(20-27)42-2)36(43(3,39)40)22-31(37)35(21-24-13-15-25(33)16-14-24)29(19-23-9-5-4-6-10-23)32(38)34-26-11-7-8-12-26/h4-6,9-10,13-18,20,26,29H,7-8,11-12,19,21-22H2,1-3H3,(H,34,38)/t29-/m0/s1. The van der Waals surface area contributed by atoms with Crippen molar-refractivity contribution in [1.82, 2.24) is 10.2 Å². The highest BCUT2D eigenvalue weighted by Crippen LogP contribution is 2.34. The molecular formula is C32H38FN3O6S. The minimum Gasteiger partial charge on any atom is -0.497 e. The van der Waals surface area contributed by atoms with Crippen molar-refractivity contribution in [3.63, 3.8) is 0 Å². The third-order valence-corrected chi connectivity index (χ3v) is 8.70. The summed E-state index contributed by atoms with van der Waals surface area (Å²) in [6.45, 7) is -0.628. The molecule has 1 saturated carbocycles. The Morgan fingerprint density at radius 1 is 0.953 bits per heavy atom. The second-order valence-corrected chi connectivity index (χ2v) is 12.6. The molecule has 1 fully saturated rings. The van der Waals surface area contributed by atoms with Crippen molar-refractivity contribution in [3.05, 3.63) is 89.7 Å². The molecule has 11 heteroatoms. The Hall–Kier alpha value is -4.12. The summed E-state index contributed by atoms with van der Waals surface area (Å²) in [7, 11) is -1.12. The normalized spacial score (nSPS) is 14.1. The van der Waals surface area contributed by atoms with Gasteiger partial charge in [0.1, 0.15) is 29.9 Å². The summed E-state index contributed by atoms with van der Waals surface area (Å²) in [6, 6.07) is 18.6. The third-order valence-electron chi connectivity index (χ3n) is 7.57. The molecule has 2 amide bonds. The molecule has 1 atom stereocenters. The van der Waals surface area contributed by atoms with E-state index < -0.39 is 34.3 Å². The summed E-state index contributed by atoms with van der Waals surface area (Å²) in [6.07, 6.45) is 4.95. The van der Waals surface area contributed by atoms with Crippen LogP contribution >= 0.6 is 0 Å². The Morgan fingerprint density at radius 3 is 2.23 bits per heavy atom. The molecule has 0 radical (unpaired) electrons. The van der Waals surface area contributed by atoms with Gasteiger partial charge in [0.05, 0.1) is 26.2 Å². The summed E-state index contributed by atoms with van der Waals surface area (Å²) in [4.78, 5) is 29.5. The van der Waals surface area contributed by atoms with Crippen LogP contribution in [0.15, 0.2) is 72.8 Å². The van der Waals surface area contributed by atoms with Crippen LogP contribution in [-0.4, -0.2) is 64.2 Å². The van der Waals surface area contributed by atoms with E-state index in [9.17, 15) is 22.4 Å². The first-order chi connectivity index (χ1) is 20.6. The Morgan fingerprint density at radius 2 is 1.63 bits per heavy atom. The summed E-state index contributed by atoms with van der Waals surface area (Å²) >= 11 is 0. The molecule has 9 nitrogen and oxygen atoms in total. The predicted molar refractivity (Wildman–Crippen MR) is 163 cm³/mol. The highest BCUT2D eigenvalue weighted by atomic mass is 32.2. The molecule has 1 N–H and O–H groups in total. The van der Waals surface area contributed by atoms with Gasteiger partial charge >= 0.3 is 0 Å². The summed E-state index contributed by atoms with van der Waals surface area (Å²) in [5.74, 6) is -0.710. The van der Waals surface area contributed by atoms with Gasteiger partial charge in [-0.2, -0.15) is 0 Å². The van der Waals surface area contributed by atoms with Crippen molar-refractivity contribution in [1.29, 1.82) is 0 Å². The molecule has 3 aromatic carbocycles. The van der Waals surface area contributed by atoms with Gasteiger partial charge in [-0.15, -0.1) is 0 Å². The Labute approximate surface area is 252 Å². The lowest BCUT2D eigenvalue weighted by Gasteiger charge is -2.34. The van der Waals surface area contributed by atoms with E-state index in [2.05, 4.69) is 5.32 Å². The Kier molecular flexibility index (Phi) is 10.6. The molecule has 0 unspecified atom stereocenters. The fourth-order valence-corrected chi connectivity index (χ4v) is 6.15. The van der Waals surface area contributed by atoms with Crippen LogP contribution in [0, 0.1) is 5.82 Å². The topological polar surface area (TPSA) is 105 Å². The maximum atomic E-state index is 14.2. The van der Waals surface area contributed by atoms with Gasteiger partial charge < -0.3 is 19.7 Å². The number of nitrogens with one attached hydrogen (secondary N) is 1. The molecule has 0 spiro atoms. The van der Waals surface area contributed by atoms with Crippen molar-refractivity contribution in [2.45, 2.75) is 50.7 Å². The second-order valence-electron chi connectivity index (χ2n) is 10.7. The molecule has 4 rings (SSSR count). The molecule has 0 saturated heterocycles. The minimum atomic E-state index is -3.99. The minimum absolute atomic E-state index is 0.00428. The number of methoxy groups -OCH3 is 2. The highest BCUT2D eigenvalue weighted by Gasteiger charge is 2.35. The number of ether oxygens (including phenoxy) is 2. The van der Waals surface area contributed by atoms with Crippen molar-refractivity contribution in [2.75, 3.05) is 31.3 Å². The number of benzene rings is 3. The maximum Gasteiger partial charge on any atom is 0.244 e. The first-order valence-corrected chi connectivity index (χ1v) is 16.0. The van der Waals surface area contributed by atoms with Gasteiger partial charge in [-0.1, -0.05) is 55.3 Å². The number of hydrogen-bond acceptors (Lipinski definition) is 6. The Bertz CT molecular complexity index is 1500. The van der Waals surface area contributed by atoms with Crippen LogP contribution in [0.5, 0.6) is 11.5 Å². The number of sulfonamides is 1. The van der Waals surface area contributed by atoms with Gasteiger partial charge in [0.15, 0.2) is 0 Å². The van der Waals surface area contributed by atoms with Gasteiger partial charge in [-0.05, 0) is 48.2 Å². The van der Waals surface area contributed by atoms with Gasteiger partial charge in [-0.25, -0.2) is 12.8 Å². The fourth-order valence-electron chi connectivity index (χ4n) is 5.29. The number of anilines is 1. The fraction of sp³-hybridized carbons (Fsp3) is 0.375. The van der Waals surface area contributed by atoms with Gasteiger partial charge in [0, 0.05) is 25.1 Å². The van der Waals surface area contributed by atoms with Crippen molar-refractivity contribution in [3.8, 4) is 11.5 Å². The first-order valence-electron chi connectivity index (χ1n) is 14.2. The van der Waals surface area contributed by atoms with E-state index in [4.69, 9.17) is 9.47 Å². The van der Waals surface area contributed by atoms with Gasteiger partial charge in [0.2, 0.25) is 21.8 Å². The molecule has 1 aliphatic rings. The van der Waals surface area contributed by atoms with E-state index in [-0.39, 0.29) is 36.4 Å². The lowest BCUT2D eigenvalue weighted by atomic mass is 10.0.